The van der Waals surface area contributed by atoms with Crippen LogP contribution in [0.15, 0.2) is 16.7 Å². The number of rotatable bonds is 1. The molecule has 0 amide bonds. The highest BCUT2D eigenvalue weighted by Gasteiger charge is 2.32. The van der Waals surface area contributed by atoms with E-state index in [2.05, 4.69) is 25.7 Å². The first-order valence-electron chi connectivity index (χ1n) is 3.24. The zero-order valence-corrected chi connectivity index (χ0v) is 8.06. The van der Waals surface area contributed by atoms with E-state index in [1.165, 1.54) is 6.07 Å². The second-order valence-corrected chi connectivity index (χ2v) is 3.02. The fraction of sp³-hybridized carbons (Fsp3) is 0.143. The van der Waals surface area contributed by atoms with E-state index in [0.717, 1.165) is 6.20 Å². The maximum atomic E-state index is 11.8. The van der Waals surface area contributed by atoms with Gasteiger partial charge in [0.05, 0.1) is 10.0 Å². The Hall–Kier alpha value is -1.29. The lowest BCUT2D eigenvalue weighted by Gasteiger charge is -2.08. The average molecular weight is 267 g/mol. The Balaban J connectivity index is 2.97. The lowest BCUT2D eigenvalue weighted by molar-refractivity contribution is -0.276. The first-order valence-corrected chi connectivity index (χ1v) is 4.03. The van der Waals surface area contributed by atoms with Gasteiger partial charge in [-0.3, -0.25) is 0 Å². The van der Waals surface area contributed by atoms with E-state index in [-0.39, 0.29) is 10.0 Å². The van der Waals surface area contributed by atoms with Crippen LogP contribution in [0, 0.1) is 11.3 Å². The first kappa shape index (κ1) is 10.8. The van der Waals surface area contributed by atoms with E-state index in [1.54, 1.807) is 6.07 Å². The Morgan fingerprint density at radius 1 is 1.50 bits per heavy atom. The number of aromatic nitrogens is 1. The third kappa shape index (κ3) is 2.88. The lowest BCUT2D eigenvalue weighted by atomic mass is 10.3. The summed E-state index contributed by atoms with van der Waals surface area (Å²) in [6.07, 6.45) is -3.80. The largest absolute Gasteiger partial charge is 0.574 e. The van der Waals surface area contributed by atoms with Crippen LogP contribution in [0.25, 0.3) is 0 Å². The number of nitrogens with zero attached hydrogens (tertiary/aromatic N) is 2. The van der Waals surface area contributed by atoms with Crippen LogP contribution in [-0.2, 0) is 0 Å². The Labute approximate surface area is 85.3 Å². The van der Waals surface area contributed by atoms with E-state index < -0.39 is 12.2 Å². The van der Waals surface area contributed by atoms with Crippen molar-refractivity contribution in [3.05, 3.63) is 22.3 Å². The molecule has 0 unspecified atom stereocenters. The minimum Gasteiger partial charge on any atom is -0.387 e. The van der Waals surface area contributed by atoms with Gasteiger partial charge in [-0.2, -0.15) is 5.26 Å². The molecule has 1 heterocycles. The van der Waals surface area contributed by atoms with Crippen molar-refractivity contribution < 1.29 is 17.9 Å². The van der Waals surface area contributed by atoms with Gasteiger partial charge in [-0.05, 0) is 22.0 Å². The molecule has 0 radical (unpaired) electrons. The highest BCUT2D eigenvalue weighted by atomic mass is 79.9. The summed E-state index contributed by atoms with van der Waals surface area (Å²) in [6, 6.07) is 2.92. The summed E-state index contributed by atoms with van der Waals surface area (Å²) in [4.78, 5) is 3.32. The van der Waals surface area contributed by atoms with Crippen molar-refractivity contribution in [3.8, 4) is 11.9 Å². The van der Waals surface area contributed by atoms with Crippen LogP contribution < -0.4 is 4.74 Å². The number of nitriles is 1. The van der Waals surface area contributed by atoms with Crippen molar-refractivity contribution in [2.75, 3.05) is 0 Å². The van der Waals surface area contributed by atoms with Crippen molar-refractivity contribution in [2.24, 2.45) is 0 Å². The summed E-state index contributed by atoms with van der Waals surface area (Å²) >= 11 is 2.80. The second-order valence-electron chi connectivity index (χ2n) is 2.17. The SMILES string of the molecule is N#Cc1cnc(OC(F)(F)F)c(Br)c1. The highest BCUT2D eigenvalue weighted by molar-refractivity contribution is 9.10. The van der Waals surface area contributed by atoms with Crippen LogP contribution in [0.5, 0.6) is 5.88 Å². The molecule has 0 aromatic carbocycles. The molecule has 1 aromatic heterocycles. The van der Waals surface area contributed by atoms with Crippen LogP contribution in [0.2, 0.25) is 0 Å². The van der Waals surface area contributed by atoms with Gasteiger partial charge in [-0.1, -0.05) is 0 Å². The standard InChI is InChI=1S/C7H2BrF3N2O/c8-5-1-4(2-12)3-13-6(5)14-7(9,10)11/h1,3H. The van der Waals surface area contributed by atoms with E-state index in [1.807, 2.05) is 0 Å². The van der Waals surface area contributed by atoms with E-state index in [0.29, 0.717) is 0 Å². The zero-order chi connectivity index (χ0) is 10.8. The molecule has 0 aliphatic rings. The molecule has 1 aromatic rings. The average Bonchev–Trinajstić information content (AvgIpc) is 2.06. The minimum absolute atomic E-state index is 0.0196. The summed E-state index contributed by atoms with van der Waals surface area (Å²) in [5.41, 5.74) is 0.145. The van der Waals surface area contributed by atoms with Crippen molar-refractivity contribution in [1.29, 1.82) is 5.26 Å². The molecular weight excluding hydrogens is 265 g/mol. The van der Waals surface area contributed by atoms with Gasteiger partial charge in [0.15, 0.2) is 0 Å². The molecule has 1 rings (SSSR count). The molecule has 0 aliphatic carbocycles. The predicted octanol–water partition coefficient (Wildman–Crippen LogP) is 2.61. The third-order valence-electron chi connectivity index (χ3n) is 1.15. The van der Waals surface area contributed by atoms with Crippen LogP contribution in [-0.4, -0.2) is 11.3 Å². The van der Waals surface area contributed by atoms with Gasteiger partial charge in [-0.15, -0.1) is 13.2 Å². The van der Waals surface area contributed by atoms with Gasteiger partial charge in [0.25, 0.3) is 0 Å². The van der Waals surface area contributed by atoms with Gasteiger partial charge in [-0.25, -0.2) is 4.98 Å². The van der Waals surface area contributed by atoms with Gasteiger partial charge < -0.3 is 4.74 Å². The minimum atomic E-state index is -4.79. The number of alkyl halides is 3. The van der Waals surface area contributed by atoms with Gasteiger partial charge >= 0.3 is 6.36 Å². The molecule has 14 heavy (non-hydrogen) atoms. The normalized spacial score (nSPS) is 10.8. The molecular formula is C7H2BrF3N2O. The number of pyridine rings is 1. The number of halogens is 4. The Kier molecular flexibility index (Phi) is 2.96. The molecule has 0 fully saturated rings. The Morgan fingerprint density at radius 3 is 2.57 bits per heavy atom. The quantitative estimate of drug-likeness (QED) is 0.785. The molecule has 0 bridgehead atoms. The molecule has 7 heteroatoms. The van der Waals surface area contributed by atoms with E-state index in [4.69, 9.17) is 5.26 Å². The molecule has 0 aliphatic heterocycles. The number of hydrogen-bond acceptors (Lipinski definition) is 3. The number of ether oxygens (including phenoxy) is 1. The molecule has 74 valence electrons. The van der Waals surface area contributed by atoms with Gasteiger partial charge in [0.2, 0.25) is 5.88 Å². The smallest absolute Gasteiger partial charge is 0.387 e. The maximum Gasteiger partial charge on any atom is 0.574 e. The lowest BCUT2D eigenvalue weighted by Crippen LogP contribution is -2.18. The van der Waals surface area contributed by atoms with Crippen LogP contribution in [0.1, 0.15) is 5.56 Å². The summed E-state index contributed by atoms with van der Waals surface area (Å²) in [7, 11) is 0. The van der Waals surface area contributed by atoms with Crippen LogP contribution >= 0.6 is 15.9 Å². The fourth-order valence-electron chi connectivity index (χ4n) is 0.671. The topological polar surface area (TPSA) is 45.9 Å². The van der Waals surface area contributed by atoms with Crippen molar-refractivity contribution in [2.45, 2.75) is 6.36 Å². The first-order chi connectivity index (χ1) is 6.42. The maximum absolute atomic E-state index is 11.8. The summed E-state index contributed by atoms with van der Waals surface area (Å²) < 4.78 is 38.8. The Morgan fingerprint density at radius 2 is 2.14 bits per heavy atom. The van der Waals surface area contributed by atoms with Gasteiger partial charge in [0.1, 0.15) is 6.07 Å². The van der Waals surface area contributed by atoms with Crippen molar-refractivity contribution >= 4 is 15.9 Å². The fourth-order valence-corrected chi connectivity index (χ4v) is 1.10. The van der Waals surface area contributed by atoms with E-state index >= 15 is 0 Å². The van der Waals surface area contributed by atoms with Crippen LogP contribution in [0.3, 0.4) is 0 Å². The predicted molar refractivity (Wildman–Crippen MR) is 43.3 cm³/mol. The second kappa shape index (κ2) is 3.84. The molecule has 0 saturated carbocycles. The molecule has 0 atom stereocenters. The molecule has 0 saturated heterocycles. The number of hydrogen-bond donors (Lipinski definition) is 0. The summed E-state index contributed by atoms with van der Waals surface area (Å²) in [6.45, 7) is 0. The monoisotopic (exact) mass is 266 g/mol. The zero-order valence-electron chi connectivity index (χ0n) is 6.47. The summed E-state index contributed by atoms with van der Waals surface area (Å²) in [5.74, 6) is -0.614. The van der Waals surface area contributed by atoms with Gasteiger partial charge in [0, 0.05) is 6.20 Å². The Bertz CT molecular complexity index is 386. The van der Waals surface area contributed by atoms with E-state index in [9.17, 15) is 13.2 Å². The van der Waals surface area contributed by atoms with Crippen molar-refractivity contribution in [1.82, 2.24) is 4.98 Å². The van der Waals surface area contributed by atoms with Crippen molar-refractivity contribution in [3.63, 3.8) is 0 Å². The summed E-state index contributed by atoms with van der Waals surface area (Å²) in [5, 5.41) is 8.41. The van der Waals surface area contributed by atoms with Crippen LogP contribution in [0.4, 0.5) is 13.2 Å². The third-order valence-corrected chi connectivity index (χ3v) is 1.72. The highest BCUT2D eigenvalue weighted by Crippen LogP contribution is 2.28. The molecule has 3 nitrogen and oxygen atoms in total. The molecule has 0 N–H and O–H groups in total. The molecule has 0 spiro atoms.